The van der Waals surface area contributed by atoms with Crippen molar-refractivity contribution in [2.45, 2.75) is 32.2 Å². The second-order valence-electron chi connectivity index (χ2n) is 5.00. The molecule has 0 aliphatic carbocycles. The van der Waals surface area contributed by atoms with Crippen LogP contribution in [0.4, 0.5) is 0 Å². The molecule has 3 heteroatoms. The largest absolute Gasteiger partial charge is 0.303 e. The second-order valence-corrected chi connectivity index (χ2v) is 5.00. The van der Waals surface area contributed by atoms with Gasteiger partial charge in [0, 0.05) is 6.54 Å². The topological polar surface area (TPSA) is 39.1 Å². The molecular formula is C16H25N3. The second kappa shape index (κ2) is 7.93. The van der Waals surface area contributed by atoms with Crippen LogP contribution in [0.2, 0.25) is 0 Å². The highest BCUT2D eigenvalue weighted by Gasteiger charge is 2.32. The molecule has 0 aliphatic rings. The predicted octanol–water partition coefficient (Wildman–Crippen LogP) is 2.75. The average molecular weight is 259 g/mol. The Morgan fingerprint density at radius 2 is 1.95 bits per heavy atom. The van der Waals surface area contributed by atoms with Crippen LogP contribution in [0.3, 0.4) is 0 Å². The summed E-state index contributed by atoms with van der Waals surface area (Å²) >= 11 is 0. The van der Waals surface area contributed by atoms with E-state index in [9.17, 15) is 5.26 Å². The van der Waals surface area contributed by atoms with Gasteiger partial charge in [-0.3, -0.25) is 5.32 Å². The van der Waals surface area contributed by atoms with Crippen LogP contribution in [0.5, 0.6) is 0 Å². The molecule has 0 fully saturated rings. The third-order valence-corrected chi connectivity index (χ3v) is 3.34. The van der Waals surface area contributed by atoms with E-state index < -0.39 is 5.54 Å². The molecule has 1 atom stereocenters. The lowest BCUT2D eigenvalue weighted by atomic mass is 9.90. The Kier molecular flexibility index (Phi) is 6.55. The van der Waals surface area contributed by atoms with Crippen molar-refractivity contribution in [2.75, 3.05) is 26.7 Å². The Labute approximate surface area is 117 Å². The van der Waals surface area contributed by atoms with E-state index in [1.165, 1.54) is 12.8 Å². The smallest absolute Gasteiger partial charge is 0.145 e. The fraction of sp³-hybridized carbons (Fsp3) is 0.562. The highest BCUT2D eigenvalue weighted by atomic mass is 15.1. The minimum Gasteiger partial charge on any atom is -0.303 e. The first-order valence-corrected chi connectivity index (χ1v) is 7.09. The number of nitrogens with one attached hydrogen (secondary N) is 1. The number of hydrogen-bond acceptors (Lipinski definition) is 3. The van der Waals surface area contributed by atoms with Crippen LogP contribution in [-0.4, -0.2) is 31.6 Å². The van der Waals surface area contributed by atoms with E-state index in [4.69, 9.17) is 0 Å². The van der Waals surface area contributed by atoms with Gasteiger partial charge in [-0.15, -0.1) is 0 Å². The third kappa shape index (κ3) is 4.34. The van der Waals surface area contributed by atoms with Gasteiger partial charge in [0.1, 0.15) is 5.54 Å². The van der Waals surface area contributed by atoms with E-state index in [-0.39, 0.29) is 0 Å². The van der Waals surface area contributed by atoms with Gasteiger partial charge in [-0.2, -0.15) is 5.26 Å². The fourth-order valence-electron chi connectivity index (χ4n) is 2.33. The normalized spacial score (nSPS) is 14.1. The van der Waals surface area contributed by atoms with Gasteiger partial charge < -0.3 is 4.90 Å². The molecule has 0 heterocycles. The summed E-state index contributed by atoms with van der Waals surface area (Å²) in [5, 5.41) is 13.1. The SMILES string of the molecule is CCCCN(C)CC(C#N)(NCC)c1ccccc1. The first-order valence-electron chi connectivity index (χ1n) is 7.09. The standard InChI is InChI=1S/C16H25N3/c1-4-6-12-19(3)14-16(13-17,18-5-2)15-10-8-7-9-11-15/h7-11,18H,4-6,12,14H2,1-3H3. The number of nitriles is 1. The molecule has 1 aromatic carbocycles. The van der Waals surface area contributed by atoms with Gasteiger partial charge in [0.2, 0.25) is 0 Å². The summed E-state index contributed by atoms with van der Waals surface area (Å²) in [6.07, 6.45) is 2.34. The molecule has 0 saturated carbocycles. The first-order chi connectivity index (χ1) is 9.18. The molecule has 1 rings (SSSR count). The quantitative estimate of drug-likeness (QED) is 0.780. The molecule has 0 bridgehead atoms. The van der Waals surface area contributed by atoms with Gasteiger partial charge in [-0.1, -0.05) is 50.6 Å². The maximum Gasteiger partial charge on any atom is 0.145 e. The maximum atomic E-state index is 9.70. The van der Waals surface area contributed by atoms with Crippen LogP contribution in [0.1, 0.15) is 32.3 Å². The van der Waals surface area contributed by atoms with Gasteiger partial charge >= 0.3 is 0 Å². The van der Waals surface area contributed by atoms with E-state index in [0.29, 0.717) is 6.54 Å². The maximum absolute atomic E-state index is 9.70. The zero-order valence-electron chi connectivity index (χ0n) is 12.3. The number of likely N-dealkylation sites (N-methyl/N-ethyl adjacent to an activating group) is 2. The molecule has 1 unspecified atom stereocenters. The molecular weight excluding hydrogens is 234 g/mol. The average Bonchev–Trinajstić information content (AvgIpc) is 2.45. The molecule has 3 nitrogen and oxygen atoms in total. The number of rotatable bonds is 8. The van der Waals surface area contributed by atoms with Crippen molar-refractivity contribution in [1.82, 2.24) is 10.2 Å². The summed E-state index contributed by atoms with van der Waals surface area (Å²) < 4.78 is 0. The van der Waals surface area contributed by atoms with Crippen molar-refractivity contribution in [3.05, 3.63) is 35.9 Å². The monoisotopic (exact) mass is 259 g/mol. The molecule has 1 N–H and O–H groups in total. The summed E-state index contributed by atoms with van der Waals surface area (Å²) in [5.74, 6) is 0. The van der Waals surface area contributed by atoms with Crippen LogP contribution in [0.15, 0.2) is 30.3 Å². The van der Waals surface area contributed by atoms with Gasteiger partial charge in [-0.05, 0) is 32.1 Å². The Morgan fingerprint density at radius 3 is 2.47 bits per heavy atom. The van der Waals surface area contributed by atoms with Crippen LogP contribution < -0.4 is 5.32 Å². The molecule has 0 saturated heterocycles. The van der Waals surface area contributed by atoms with Crippen molar-refractivity contribution in [1.29, 1.82) is 5.26 Å². The first kappa shape index (κ1) is 15.7. The lowest BCUT2D eigenvalue weighted by Crippen LogP contribution is -2.49. The molecule has 19 heavy (non-hydrogen) atoms. The Hall–Kier alpha value is -1.37. The van der Waals surface area contributed by atoms with Crippen LogP contribution in [0.25, 0.3) is 0 Å². The zero-order valence-corrected chi connectivity index (χ0v) is 12.3. The van der Waals surface area contributed by atoms with Crippen LogP contribution in [0, 0.1) is 11.3 Å². The predicted molar refractivity (Wildman–Crippen MR) is 79.8 cm³/mol. The highest BCUT2D eigenvalue weighted by Crippen LogP contribution is 2.21. The summed E-state index contributed by atoms with van der Waals surface area (Å²) in [6, 6.07) is 12.5. The highest BCUT2D eigenvalue weighted by molar-refractivity contribution is 5.32. The third-order valence-electron chi connectivity index (χ3n) is 3.34. The number of hydrogen-bond donors (Lipinski definition) is 1. The van der Waals surface area contributed by atoms with Gasteiger partial charge in [-0.25, -0.2) is 0 Å². The number of benzene rings is 1. The lowest BCUT2D eigenvalue weighted by molar-refractivity contribution is 0.248. The van der Waals surface area contributed by atoms with E-state index in [2.05, 4.69) is 30.3 Å². The van der Waals surface area contributed by atoms with Crippen LogP contribution in [-0.2, 0) is 5.54 Å². The molecule has 0 spiro atoms. The lowest BCUT2D eigenvalue weighted by Gasteiger charge is -2.32. The molecule has 0 radical (unpaired) electrons. The Bertz CT molecular complexity index is 396. The van der Waals surface area contributed by atoms with Crippen molar-refractivity contribution in [2.24, 2.45) is 0 Å². The molecule has 0 aliphatic heterocycles. The summed E-state index contributed by atoms with van der Waals surface area (Å²) in [7, 11) is 2.09. The van der Waals surface area contributed by atoms with E-state index in [1.54, 1.807) is 0 Å². The van der Waals surface area contributed by atoms with Crippen molar-refractivity contribution >= 4 is 0 Å². The Balaban J connectivity index is 2.91. The number of unbranched alkanes of at least 4 members (excludes halogenated alkanes) is 1. The van der Waals surface area contributed by atoms with Gasteiger partial charge in [0.25, 0.3) is 0 Å². The van der Waals surface area contributed by atoms with Gasteiger partial charge in [0.15, 0.2) is 0 Å². The summed E-state index contributed by atoms with van der Waals surface area (Å²) in [4.78, 5) is 2.24. The van der Waals surface area contributed by atoms with Crippen molar-refractivity contribution < 1.29 is 0 Å². The molecule has 1 aromatic rings. The summed E-state index contributed by atoms with van der Waals surface area (Å²) in [5.41, 5.74) is 0.432. The minimum atomic E-state index is -0.613. The van der Waals surface area contributed by atoms with Crippen LogP contribution >= 0.6 is 0 Å². The Morgan fingerprint density at radius 1 is 1.26 bits per heavy atom. The minimum absolute atomic E-state index is 0.613. The van der Waals surface area contributed by atoms with Crippen molar-refractivity contribution in [3.8, 4) is 6.07 Å². The van der Waals surface area contributed by atoms with E-state index >= 15 is 0 Å². The van der Waals surface area contributed by atoms with Crippen molar-refractivity contribution in [3.63, 3.8) is 0 Å². The number of nitrogens with zero attached hydrogens (tertiary/aromatic N) is 2. The van der Waals surface area contributed by atoms with E-state index in [0.717, 1.165) is 18.7 Å². The molecule has 104 valence electrons. The zero-order chi connectivity index (χ0) is 14.1. The fourth-order valence-corrected chi connectivity index (χ4v) is 2.33. The van der Waals surface area contributed by atoms with Gasteiger partial charge in [0.05, 0.1) is 6.07 Å². The molecule has 0 amide bonds. The molecule has 0 aromatic heterocycles. The summed E-state index contributed by atoms with van der Waals surface area (Å²) in [6.45, 7) is 6.75. The van der Waals surface area contributed by atoms with E-state index in [1.807, 2.05) is 37.3 Å².